The molecule has 144 valence electrons. The largest absolute Gasteiger partial charge is 0.496 e. The molecule has 0 saturated carbocycles. The lowest BCUT2D eigenvalue weighted by molar-refractivity contribution is -0.131. The smallest absolute Gasteiger partial charge is 0.257 e. The minimum Gasteiger partial charge on any atom is -0.496 e. The molecule has 1 aliphatic heterocycles. The number of aryl methyl sites for hydroxylation is 1. The van der Waals surface area contributed by atoms with Gasteiger partial charge in [0.15, 0.2) is 0 Å². The predicted molar refractivity (Wildman–Crippen MR) is 104 cm³/mol. The van der Waals surface area contributed by atoms with E-state index in [2.05, 4.69) is 10.6 Å². The van der Waals surface area contributed by atoms with Gasteiger partial charge in [0.05, 0.1) is 19.1 Å². The second-order valence-corrected chi connectivity index (χ2v) is 7.01. The number of nitrogens with zero attached hydrogens (tertiary/aromatic N) is 3. The van der Waals surface area contributed by atoms with Crippen molar-refractivity contribution >= 4 is 11.8 Å². The Balaban J connectivity index is 1.60. The lowest BCUT2D eigenvalue weighted by Crippen LogP contribution is -2.51. The standard InChI is InChI=1S/C21H27N3O3/c1-15-13-17(16(2)22(15)3)14-20(25)23-9-11-24(12-10-23)21(26)18-7-5-6-8-19(18)27-4/h5-8,13H,9-12,14H2,1-4H3. The summed E-state index contributed by atoms with van der Waals surface area (Å²) in [6.07, 6.45) is 0.411. The van der Waals surface area contributed by atoms with E-state index >= 15 is 0 Å². The Kier molecular flexibility index (Phi) is 5.54. The Bertz CT molecular complexity index is 848. The van der Waals surface area contributed by atoms with E-state index in [1.165, 1.54) is 0 Å². The molecule has 1 aromatic heterocycles. The van der Waals surface area contributed by atoms with Gasteiger partial charge in [0, 0.05) is 44.6 Å². The van der Waals surface area contributed by atoms with E-state index in [0.717, 1.165) is 17.0 Å². The molecule has 1 aliphatic rings. The van der Waals surface area contributed by atoms with Crippen LogP contribution in [0.25, 0.3) is 0 Å². The van der Waals surface area contributed by atoms with Crippen molar-refractivity contribution < 1.29 is 14.3 Å². The van der Waals surface area contributed by atoms with Crippen LogP contribution in [0, 0.1) is 13.8 Å². The van der Waals surface area contributed by atoms with Gasteiger partial charge in [-0.3, -0.25) is 9.59 Å². The minimum absolute atomic E-state index is 0.0472. The van der Waals surface area contributed by atoms with E-state index in [0.29, 0.717) is 43.9 Å². The van der Waals surface area contributed by atoms with Crippen molar-refractivity contribution in [3.05, 3.63) is 52.8 Å². The molecule has 0 atom stereocenters. The quantitative estimate of drug-likeness (QED) is 0.830. The summed E-state index contributed by atoms with van der Waals surface area (Å²) in [5.41, 5.74) is 3.93. The first-order chi connectivity index (χ1) is 12.9. The number of hydrogen-bond donors (Lipinski definition) is 0. The van der Waals surface area contributed by atoms with E-state index < -0.39 is 0 Å². The maximum Gasteiger partial charge on any atom is 0.257 e. The molecule has 2 aromatic rings. The summed E-state index contributed by atoms with van der Waals surface area (Å²) in [6.45, 7) is 6.28. The first kappa shape index (κ1) is 19.0. The third-order valence-electron chi connectivity index (χ3n) is 5.48. The number of rotatable bonds is 4. The van der Waals surface area contributed by atoms with Crippen molar-refractivity contribution in [3.63, 3.8) is 0 Å². The van der Waals surface area contributed by atoms with Gasteiger partial charge in [0.1, 0.15) is 5.75 Å². The van der Waals surface area contributed by atoms with Crippen molar-refractivity contribution in [1.29, 1.82) is 0 Å². The van der Waals surface area contributed by atoms with Crippen LogP contribution in [-0.4, -0.2) is 59.5 Å². The van der Waals surface area contributed by atoms with Gasteiger partial charge in [-0.25, -0.2) is 0 Å². The highest BCUT2D eigenvalue weighted by Gasteiger charge is 2.26. The fraction of sp³-hybridized carbons (Fsp3) is 0.429. The van der Waals surface area contributed by atoms with Crippen LogP contribution in [0.3, 0.4) is 0 Å². The van der Waals surface area contributed by atoms with Crippen LogP contribution in [-0.2, 0) is 18.3 Å². The molecule has 0 N–H and O–H groups in total. The van der Waals surface area contributed by atoms with Crippen LogP contribution in [0.4, 0.5) is 0 Å². The normalized spacial score (nSPS) is 14.4. The van der Waals surface area contributed by atoms with Gasteiger partial charge in [0.2, 0.25) is 5.91 Å². The summed E-state index contributed by atoms with van der Waals surface area (Å²) in [5.74, 6) is 0.651. The zero-order valence-electron chi connectivity index (χ0n) is 16.5. The average Bonchev–Trinajstić information content (AvgIpc) is 2.94. The van der Waals surface area contributed by atoms with Crippen LogP contribution in [0.2, 0.25) is 0 Å². The molecule has 1 aromatic carbocycles. The number of aromatic nitrogens is 1. The third-order valence-corrected chi connectivity index (χ3v) is 5.48. The summed E-state index contributed by atoms with van der Waals surface area (Å²) in [4.78, 5) is 29.1. The van der Waals surface area contributed by atoms with E-state index in [9.17, 15) is 9.59 Å². The fourth-order valence-electron chi connectivity index (χ4n) is 3.54. The highest BCUT2D eigenvalue weighted by Crippen LogP contribution is 2.20. The van der Waals surface area contributed by atoms with Crippen molar-refractivity contribution in [3.8, 4) is 5.75 Å². The topological polar surface area (TPSA) is 54.8 Å². The molecular formula is C21H27N3O3. The molecule has 0 spiro atoms. The van der Waals surface area contributed by atoms with Crippen molar-refractivity contribution in [1.82, 2.24) is 14.4 Å². The Hall–Kier alpha value is -2.76. The van der Waals surface area contributed by atoms with E-state index in [-0.39, 0.29) is 11.8 Å². The number of methoxy groups -OCH3 is 1. The molecule has 0 unspecified atom stereocenters. The van der Waals surface area contributed by atoms with Gasteiger partial charge in [-0.15, -0.1) is 0 Å². The highest BCUT2D eigenvalue weighted by molar-refractivity contribution is 5.97. The summed E-state index contributed by atoms with van der Waals surface area (Å²) >= 11 is 0. The summed E-state index contributed by atoms with van der Waals surface area (Å²) in [6, 6.07) is 9.32. The Morgan fingerprint density at radius 3 is 2.26 bits per heavy atom. The number of piperazine rings is 1. The molecule has 2 amide bonds. The van der Waals surface area contributed by atoms with Crippen LogP contribution in [0.5, 0.6) is 5.75 Å². The monoisotopic (exact) mass is 369 g/mol. The molecule has 3 rings (SSSR count). The van der Waals surface area contributed by atoms with Crippen LogP contribution in [0.15, 0.2) is 30.3 Å². The Morgan fingerprint density at radius 2 is 1.67 bits per heavy atom. The van der Waals surface area contributed by atoms with E-state index in [1.807, 2.05) is 37.9 Å². The SMILES string of the molecule is COc1ccccc1C(=O)N1CCN(C(=O)Cc2cc(C)n(C)c2C)CC1. The maximum absolute atomic E-state index is 12.8. The third kappa shape index (κ3) is 3.84. The van der Waals surface area contributed by atoms with E-state index in [1.54, 1.807) is 24.1 Å². The molecule has 1 fully saturated rings. The van der Waals surface area contributed by atoms with Crippen LogP contribution < -0.4 is 4.74 Å². The average molecular weight is 369 g/mol. The van der Waals surface area contributed by atoms with Crippen molar-refractivity contribution in [2.24, 2.45) is 7.05 Å². The zero-order chi connectivity index (χ0) is 19.6. The lowest BCUT2D eigenvalue weighted by Gasteiger charge is -2.35. The van der Waals surface area contributed by atoms with E-state index in [4.69, 9.17) is 4.74 Å². The van der Waals surface area contributed by atoms with Gasteiger partial charge in [-0.2, -0.15) is 0 Å². The number of para-hydroxylation sites is 1. The number of ether oxygens (including phenoxy) is 1. The molecule has 0 bridgehead atoms. The van der Waals surface area contributed by atoms with Gasteiger partial charge in [-0.1, -0.05) is 12.1 Å². The first-order valence-corrected chi connectivity index (χ1v) is 9.24. The minimum atomic E-state index is -0.0472. The molecule has 6 heteroatoms. The molecule has 2 heterocycles. The molecular weight excluding hydrogens is 342 g/mol. The first-order valence-electron chi connectivity index (χ1n) is 9.24. The second kappa shape index (κ2) is 7.86. The Morgan fingerprint density at radius 1 is 1.04 bits per heavy atom. The van der Waals surface area contributed by atoms with Crippen molar-refractivity contribution in [2.45, 2.75) is 20.3 Å². The number of carbonyl (C=O) groups is 2. The maximum atomic E-state index is 12.8. The molecule has 0 radical (unpaired) electrons. The number of hydrogen-bond acceptors (Lipinski definition) is 3. The summed E-state index contributed by atoms with van der Waals surface area (Å²) < 4.78 is 7.40. The van der Waals surface area contributed by atoms with Crippen molar-refractivity contribution in [2.75, 3.05) is 33.3 Å². The van der Waals surface area contributed by atoms with Crippen LogP contribution >= 0.6 is 0 Å². The van der Waals surface area contributed by atoms with Gasteiger partial charge in [-0.05, 0) is 37.6 Å². The fourth-order valence-corrected chi connectivity index (χ4v) is 3.54. The van der Waals surface area contributed by atoms with Gasteiger partial charge in [0.25, 0.3) is 5.91 Å². The summed E-state index contributed by atoms with van der Waals surface area (Å²) in [7, 11) is 3.58. The van der Waals surface area contributed by atoms with Crippen LogP contribution in [0.1, 0.15) is 27.3 Å². The summed E-state index contributed by atoms with van der Waals surface area (Å²) in [5, 5.41) is 0. The predicted octanol–water partition coefficient (Wildman–Crippen LogP) is 2.18. The van der Waals surface area contributed by atoms with Gasteiger partial charge >= 0.3 is 0 Å². The number of amides is 2. The zero-order valence-corrected chi connectivity index (χ0v) is 16.5. The lowest BCUT2D eigenvalue weighted by atomic mass is 10.1. The molecule has 6 nitrogen and oxygen atoms in total. The molecule has 0 aliphatic carbocycles. The number of carbonyl (C=O) groups excluding carboxylic acids is 2. The second-order valence-electron chi connectivity index (χ2n) is 7.01. The van der Waals surface area contributed by atoms with Gasteiger partial charge < -0.3 is 19.1 Å². The number of benzene rings is 1. The molecule has 1 saturated heterocycles. The Labute approximate surface area is 160 Å². The highest BCUT2D eigenvalue weighted by atomic mass is 16.5. The molecule has 27 heavy (non-hydrogen) atoms.